The van der Waals surface area contributed by atoms with E-state index in [1.165, 1.54) is 10.8 Å². The molecule has 1 fully saturated rings. The van der Waals surface area contributed by atoms with Crippen LogP contribution in [-0.4, -0.2) is 19.8 Å². The zero-order chi connectivity index (χ0) is 10.8. The molecule has 1 aliphatic heterocycles. The molecule has 0 unspecified atom stereocenters. The second-order valence-corrected chi connectivity index (χ2v) is 3.85. The highest BCUT2D eigenvalue weighted by Gasteiger charge is 2.19. The molecule has 0 bridgehead atoms. The minimum Gasteiger partial charge on any atom is -0.376 e. The fourth-order valence-electron chi connectivity index (χ4n) is 2.05. The van der Waals surface area contributed by atoms with Crippen molar-refractivity contribution in [3.8, 4) is 0 Å². The molecular weight excluding hydrogens is 200 g/mol. The maximum Gasteiger partial charge on any atom is 0.152 e. The lowest BCUT2D eigenvalue weighted by Gasteiger charge is -2.23. The summed E-state index contributed by atoms with van der Waals surface area (Å²) in [5.41, 5.74) is 1.15. The van der Waals surface area contributed by atoms with Gasteiger partial charge in [-0.15, -0.1) is 0 Å². The second kappa shape index (κ2) is 4.24. The largest absolute Gasteiger partial charge is 0.376 e. The SMILES string of the molecule is c1ccc2c([C]3COCCO3)cccc2c1. The van der Waals surface area contributed by atoms with E-state index in [4.69, 9.17) is 9.47 Å². The maximum absolute atomic E-state index is 5.66. The van der Waals surface area contributed by atoms with Crippen molar-refractivity contribution in [1.29, 1.82) is 0 Å². The van der Waals surface area contributed by atoms with Crippen molar-refractivity contribution in [1.82, 2.24) is 0 Å². The van der Waals surface area contributed by atoms with Crippen molar-refractivity contribution in [2.24, 2.45) is 0 Å². The molecule has 0 atom stereocenters. The van der Waals surface area contributed by atoms with Gasteiger partial charge in [0.15, 0.2) is 6.10 Å². The summed E-state index contributed by atoms with van der Waals surface area (Å²) in [7, 11) is 0. The van der Waals surface area contributed by atoms with Crippen molar-refractivity contribution in [3.05, 3.63) is 54.1 Å². The molecule has 1 saturated heterocycles. The fraction of sp³-hybridized carbons (Fsp3) is 0.214. The Bertz CT molecular complexity index is 482. The van der Waals surface area contributed by atoms with Crippen LogP contribution in [0.3, 0.4) is 0 Å². The Morgan fingerprint density at radius 3 is 2.62 bits per heavy atom. The molecule has 0 amide bonds. The van der Waals surface area contributed by atoms with Crippen LogP contribution in [0.5, 0.6) is 0 Å². The van der Waals surface area contributed by atoms with Gasteiger partial charge in [0, 0.05) is 0 Å². The summed E-state index contributed by atoms with van der Waals surface area (Å²) in [6.07, 6.45) is 0.947. The molecule has 0 aromatic heterocycles. The predicted octanol–water partition coefficient (Wildman–Crippen LogP) is 2.77. The first-order valence-corrected chi connectivity index (χ1v) is 5.50. The van der Waals surface area contributed by atoms with Gasteiger partial charge in [0.25, 0.3) is 0 Å². The average molecular weight is 213 g/mol. The lowest BCUT2D eigenvalue weighted by atomic mass is 10.0. The second-order valence-electron chi connectivity index (χ2n) is 3.85. The quantitative estimate of drug-likeness (QED) is 0.725. The topological polar surface area (TPSA) is 18.5 Å². The molecule has 0 saturated carbocycles. The molecule has 0 spiro atoms. The summed E-state index contributed by atoms with van der Waals surface area (Å²) < 4.78 is 11.1. The molecule has 1 aliphatic rings. The van der Waals surface area contributed by atoms with Crippen LogP contribution < -0.4 is 0 Å². The molecule has 16 heavy (non-hydrogen) atoms. The number of hydrogen-bond donors (Lipinski definition) is 0. The van der Waals surface area contributed by atoms with Crippen LogP contribution >= 0.6 is 0 Å². The maximum atomic E-state index is 5.66. The normalized spacial score (nSPS) is 17.8. The first kappa shape index (κ1) is 9.82. The standard InChI is InChI=1S/C14H13O2/c1-2-6-12-11(4-1)5-3-7-13(12)14-10-15-8-9-16-14/h1-7H,8-10H2. The first-order chi connectivity index (χ1) is 7.95. The van der Waals surface area contributed by atoms with E-state index in [-0.39, 0.29) is 0 Å². The minimum absolute atomic E-state index is 0.577. The van der Waals surface area contributed by atoms with Gasteiger partial charge in [0.1, 0.15) is 0 Å². The van der Waals surface area contributed by atoms with E-state index in [2.05, 4.69) is 42.5 Å². The summed E-state index contributed by atoms with van der Waals surface area (Å²) in [6, 6.07) is 14.6. The Balaban J connectivity index is 2.08. The van der Waals surface area contributed by atoms with E-state index >= 15 is 0 Å². The van der Waals surface area contributed by atoms with Gasteiger partial charge in [-0.3, -0.25) is 0 Å². The van der Waals surface area contributed by atoms with Crippen molar-refractivity contribution in [2.75, 3.05) is 19.8 Å². The van der Waals surface area contributed by atoms with Gasteiger partial charge in [-0.1, -0.05) is 42.5 Å². The molecule has 81 valence electrons. The van der Waals surface area contributed by atoms with E-state index in [1.54, 1.807) is 0 Å². The highest BCUT2D eigenvalue weighted by Crippen LogP contribution is 2.27. The zero-order valence-corrected chi connectivity index (χ0v) is 8.98. The van der Waals surface area contributed by atoms with Gasteiger partial charge in [-0.05, 0) is 16.3 Å². The monoisotopic (exact) mass is 213 g/mol. The van der Waals surface area contributed by atoms with E-state index < -0.39 is 0 Å². The number of benzene rings is 2. The van der Waals surface area contributed by atoms with E-state index in [0.29, 0.717) is 19.8 Å². The van der Waals surface area contributed by atoms with Gasteiger partial charge in [0.2, 0.25) is 0 Å². The van der Waals surface area contributed by atoms with Gasteiger partial charge in [-0.2, -0.15) is 0 Å². The van der Waals surface area contributed by atoms with Crippen LogP contribution in [-0.2, 0) is 9.47 Å². The Morgan fingerprint density at radius 2 is 1.75 bits per heavy atom. The highest BCUT2D eigenvalue weighted by molar-refractivity contribution is 5.87. The first-order valence-electron chi connectivity index (χ1n) is 5.50. The predicted molar refractivity (Wildman–Crippen MR) is 63.1 cm³/mol. The van der Waals surface area contributed by atoms with Crippen LogP contribution in [0.1, 0.15) is 5.56 Å². The molecule has 0 aliphatic carbocycles. The molecule has 0 N–H and O–H groups in total. The molecular formula is C14H13O2. The van der Waals surface area contributed by atoms with Crippen LogP contribution in [0.2, 0.25) is 0 Å². The Morgan fingerprint density at radius 1 is 0.875 bits per heavy atom. The third kappa shape index (κ3) is 1.70. The Kier molecular flexibility index (Phi) is 2.60. The van der Waals surface area contributed by atoms with Crippen molar-refractivity contribution in [2.45, 2.75) is 0 Å². The van der Waals surface area contributed by atoms with E-state index in [0.717, 1.165) is 11.7 Å². The molecule has 2 aromatic carbocycles. The fourth-order valence-corrected chi connectivity index (χ4v) is 2.05. The van der Waals surface area contributed by atoms with Crippen LogP contribution in [0, 0.1) is 6.10 Å². The highest BCUT2D eigenvalue weighted by atomic mass is 16.6. The average Bonchev–Trinajstić information content (AvgIpc) is 2.39. The summed E-state index contributed by atoms with van der Waals surface area (Å²) >= 11 is 0. The van der Waals surface area contributed by atoms with Gasteiger partial charge >= 0.3 is 0 Å². The summed E-state index contributed by atoms with van der Waals surface area (Å²) in [5, 5.41) is 2.46. The smallest absolute Gasteiger partial charge is 0.152 e. The van der Waals surface area contributed by atoms with E-state index in [9.17, 15) is 0 Å². The summed E-state index contributed by atoms with van der Waals surface area (Å²) in [4.78, 5) is 0. The summed E-state index contributed by atoms with van der Waals surface area (Å²) in [6.45, 7) is 1.92. The van der Waals surface area contributed by atoms with Crippen molar-refractivity contribution >= 4 is 10.8 Å². The number of ether oxygens (including phenoxy) is 2. The Hall–Kier alpha value is -1.38. The van der Waals surface area contributed by atoms with Gasteiger partial charge < -0.3 is 9.47 Å². The van der Waals surface area contributed by atoms with Gasteiger partial charge in [-0.25, -0.2) is 0 Å². The lowest BCUT2D eigenvalue weighted by Crippen LogP contribution is -2.22. The van der Waals surface area contributed by atoms with Crippen molar-refractivity contribution < 1.29 is 9.47 Å². The minimum atomic E-state index is 0.577. The van der Waals surface area contributed by atoms with Crippen LogP contribution in [0.15, 0.2) is 42.5 Å². The molecule has 1 radical (unpaired) electrons. The Labute approximate surface area is 94.8 Å². The number of hydrogen-bond acceptors (Lipinski definition) is 2. The zero-order valence-electron chi connectivity index (χ0n) is 8.98. The molecule has 2 nitrogen and oxygen atoms in total. The lowest BCUT2D eigenvalue weighted by molar-refractivity contribution is -0.0178. The van der Waals surface area contributed by atoms with Crippen LogP contribution in [0.4, 0.5) is 0 Å². The number of rotatable bonds is 1. The summed E-state index contributed by atoms with van der Waals surface area (Å²) in [5.74, 6) is 0. The molecule has 1 heterocycles. The molecule has 2 aromatic rings. The third-order valence-corrected chi connectivity index (χ3v) is 2.83. The number of fused-ring (bicyclic) bond motifs is 1. The van der Waals surface area contributed by atoms with Crippen LogP contribution in [0.25, 0.3) is 10.8 Å². The van der Waals surface area contributed by atoms with Gasteiger partial charge in [0.05, 0.1) is 19.8 Å². The van der Waals surface area contributed by atoms with E-state index in [1.807, 2.05) is 0 Å². The van der Waals surface area contributed by atoms with Crippen molar-refractivity contribution in [3.63, 3.8) is 0 Å². The molecule has 3 rings (SSSR count). The third-order valence-electron chi connectivity index (χ3n) is 2.83. The molecule has 2 heteroatoms.